The fraction of sp³-hybridized carbons (Fsp3) is 0.296. The number of aromatic nitrogens is 2. The number of hydrogen-bond donors (Lipinski definition) is 2. The quantitative estimate of drug-likeness (QED) is 0.402. The highest BCUT2D eigenvalue weighted by molar-refractivity contribution is 5.98. The summed E-state index contributed by atoms with van der Waals surface area (Å²) in [4.78, 5) is 22.3. The first-order valence-corrected chi connectivity index (χ1v) is 12.0. The molecule has 3 aromatic rings. The van der Waals surface area contributed by atoms with Crippen molar-refractivity contribution in [2.24, 2.45) is 5.41 Å². The molecule has 0 aliphatic carbocycles. The minimum atomic E-state index is -0.712. The van der Waals surface area contributed by atoms with Crippen LogP contribution in [-0.2, 0) is 4.79 Å². The van der Waals surface area contributed by atoms with Gasteiger partial charge in [-0.3, -0.25) is 4.79 Å². The van der Waals surface area contributed by atoms with E-state index in [0.29, 0.717) is 18.0 Å². The number of piperidine rings is 3. The van der Waals surface area contributed by atoms with Crippen LogP contribution in [0.5, 0.6) is 17.4 Å². The highest BCUT2D eigenvalue weighted by atomic mass is 19.1. The molecule has 0 spiro atoms. The first-order chi connectivity index (χ1) is 17.5. The van der Waals surface area contributed by atoms with Crippen molar-refractivity contribution < 1.29 is 18.7 Å². The molecule has 4 heterocycles. The number of amides is 1. The molecule has 1 aromatic heterocycles. The molecule has 0 saturated carbocycles. The van der Waals surface area contributed by atoms with Crippen molar-refractivity contribution in [2.75, 3.05) is 36.9 Å². The van der Waals surface area contributed by atoms with Crippen LogP contribution in [0.15, 0.2) is 67.4 Å². The minimum absolute atomic E-state index is 0.179. The number of hydrogen-bond acceptors (Lipinski definition) is 7. The third-order valence-electron chi connectivity index (χ3n) is 6.72. The Morgan fingerprint density at radius 2 is 1.78 bits per heavy atom. The summed E-state index contributed by atoms with van der Waals surface area (Å²) in [5.74, 6) is -0.0615. The lowest BCUT2D eigenvalue weighted by Crippen LogP contribution is -2.50. The first-order valence-electron chi connectivity index (χ1n) is 12.0. The maximum atomic E-state index is 14.4. The van der Waals surface area contributed by atoms with Gasteiger partial charge >= 0.3 is 0 Å². The van der Waals surface area contributed by atoms with E-state index in [1.807, 2.05) is 24.3 Å². The van der Waals surface area contributed by atoms with Crippen LogP contribution in [0, 0.1) is 11.2 Å². The van der Waals surface area contributed by atoms with Crippen molar-refractivity contribution in [2.45, 2.75) is 19.3 Å². The third-order valence-corrected chi connectivity index (χ3v) is 6.72. The Morgan fingerprint density at radius 1 is 1.08 bits per heavy atom. The number of benzene rings is 2. The average Bonchev–Trinajstić information content (AvgIpc) is 2.91. The monoisotopic (exact) mass is 489 g/mol. The van der Waals surface area contributed by atoms with E-state index < -0.39 is 5.82 Å². The van der Waals surface area contributed by atoms with Crippen molar-refractivity contribution in [3.05, 3.63) is 73.2 Å². The second-order valence-electron chi connectivity index (χ2n) is 9.20. The van der Waals surface area contributed by atoms with Gasteiger partial charge in [-0.25, -0.2) is 4.98 Å². The van der Waals surface area contributed by atoms with E-state index in [1.165, 1.54) is 19.3 Å². The van der Waals surface area contributed by atoms with Gasteiger partial charge in [0.15, 0.2) is 0 Å². The van der Waals surface area contributed by atoms with Crippen LogP contribution in [0.1, 0.15) is 19.3 Å². The normalized spacial score (nSPS) is 20.4. The number of rotatable bonds is 9. The molecule has 0 atom stereocenters. The molecule has 36 heavy (non-hydrogen) atoms. The van der Waals surface area contributed by atoms with Gasteiger partial charge in [-0.15, -0.1) is 0 Å². The number of carbonyl (C=O) groups is 1. The third kappa shape index (κ3) is 5.63. The van der Waals surface area contributed by atoms with Crippen LogP contribution in [0.3, 0.4) is 0 Å². The number of fused-ring (bicyclic) bond motifs is 3. The first kappa shape index (κ1) is 23.7. The topological polar surface area (TPSA) is 88.6 Å². The summed E-state index contributed by atoms with van der Waals surface area (Å²) >= 11 is 0. The summed E-state index contributed by atoms with van der Waals surface area (Å²) in [5.41, 5.74) is 1.48. The highest BCUT2D eigenvalue weighted by Gasteiger charge is 2.39. The van der Waals surface area contributed by atoms with Crippen LogP contribution >= 0.6 is 0 Å². The number of nitrogens with one attached hydrogen (secondary N) is 2. The van der Waals surface area contributed by atoms with Gasteiger partial charge in [0.05, 0.1) is 12.8 Å². The Bertz CT molecular complexity index is 1250. The predicted octanol–water partition coefficient (Wildman–Crippen LogP) is 5.14. The second kappa shape index (κ2) is 10.3. The van der Waals surface area contributed by atoms with Crippen LogP contribution in [-0.4, -0.2) is 47.0 Å². The molecule has 3 aliphatic heterocycles. The zero-order valence-electron chi connectivity index (χ0n) is 19.9. The SMILES string of the molecule is C=CC(=O)Nc1cccc(Oc2nc(Nc3cccc(OCC45CCN(CC4)CC5)c3)ncc2F)c1. The Hall–Kier alpha value is -3.98. The average molecular weight is 490 g/mol. The number of nitrogens with zero attached hydrogens (tertiary/aromatic N) is 3. The molecule has 6 rings (SSSR count). The van der Waals surface area contributed by atoms with Crippen LogP contribution < -0.4 is 20.1 Å². The van der Waals surface area contributed by atoms with Gasteiger partial charge in [-0.1, -0.05) is 18.7 Å². The van der Waals surface area contributed by atoms with Crippen molar-refractivity contribution in [1.82, 2.24) is 14.9 Å². The van der Waals surface area contributed by atoms with E-state index in [2.05, 4.69) is 32.1 Å². The van der Waals surface area contributed by atoms with E-state index in [4.69, 9.17) is 9.47 Å². The molecule has 0 unspecified atom stereocenters. The second-order valence-corrected chi connectivity index (χ2v) is 9.20. The van der Waals surface area contributed by atoms with E-state index in [0.717, 1.165) is 43.3 Å². The van der Waals surface area contributed by atoms with E-state index >= 15 is 0 Å². The Labute approximate surface area is 209 Å². The van der Waals surface area contributed by atoms with E-state index in [9.17, 15) is 9.18 Å². The van der Waals surface area contributed by atoms with Gasteiger partial charge in [0.1, 0.15) is 11.5 Å². The molecule has 3 aliphatic rings. The van der Waals surface area contributed by atoms with Gasteiger partial charge in [0.25, 0.3) is 5.88 Å². The smallest absolute Gasteiger partial charge is 0.260 e. The number of carbonyl (C=O) groups excluding carboxylic acids is 1. The van der Waals surface area contributed by atoms with Gasteiger partial charge in [0.2, 0.25) is 17.7 Å². The summed E-state index contributed by atoms with van der Waals surface area (Å²) in [5, 5.41) is 5.72. The zero-order chi connectivity index (χ0) is 25.0. The molecule has 3 saturated heterocycles. The Morgan fingerprint density at radius 3 is 2.53 bits per heavy atom. The largest absolute Gasteiger partial charge is 0.493 e. The van der Waals surface area contributed by atoms with Crippen LogP contribution in [0.4, 0.5) is 21.7 Å². The zero-order valence-corrected chi connectivity index (χ0v) is 19.9. The lowest BCUT2D eigenvalue weighted by molar-refractivity contribution is -0.111. The maximum absolute atomic E-state index is 14.4. The van der Waals surface area contributed by atoms with Crippen LogP contribution in [0.25, 0.3) is 0 Å². The molecule has 1 amide bonds. The fourth-order valence-electron chi connectivity index (χ4n) is 4.57. The van der Waals surface area contributed by atoms with Gasteiger partial charge in [0, 0.05) is 28.9 Å². The lowest BCUT2D eigenvalue weighted by atomic mass is 9.73. The molecule has 8 nitrogen and oxygen atoms in total. The van der Waals surface area contributed by atoms with Crippen LogP contribution in [0.2, 0.25) is 0 Å². The van der Waals surface area contributed by atoms with Crippen molar-refractivity contribution in [3.8, 4) is 17.4 Å². The molecule has 2 N–H and O–H groups in total. The molecule has 186 valence electrons. The molecule has 2 bridgehead atoms. The van der Waals surface area contributed by atoms with Crippen molar-refractivity contribution in [1.29, 1.82) is 0 Å². The molecule has 3 fully saturated rings. The molecular formula is C27H28FN5O3. The molecule has 9 heteroatoms. The number of anilines is 3. The standard InChI is InChI=1S/C27H28FN5O3/c1-2-24(34)30-19-5-4-8-22(16-19)36-25-23(28)17-29-26(32-25)31-20-6-3-7-21(15-20)35-18-27-9-12-33(13-10-27)14-11-27/h2-8,15-17H,1,9-14,18H2,(H,30,34)(H,29,31,32). The summed E-state index contributed by atoms with van der Waals surface area (Å²) < 4.78 is 26.2. The summed E-state index contributed by atoms with van der Waals surface area (Å²) in [6.45, 7) is 7.61. The fourth-order valence-corrected chi connectivity index (χ4v) is 4.57. The summed E-state index contributed by atoms with van der Waals surface area (Å²) in [6, 6.07) is 14.1. The van der Waals surface area contributed by atoms with Gasteiger partial charge < -0.3 is 25.0 Å². The number of halogens is 1. The van der Waals surface area contributed by atoms with Crippen molar-refractivity contribution >= 4 is 23.2 Å². The van der Waals surface area contributed by atoms with E-state index in [-0.39, 0.29) is 23.2 Å². The van der Waals surface area contributed by atoms with Gasteiger partial charge in [-0.05, 0) is 69.2 Å². The van der Waals surface area contributed by atoms with E-state index in [1.54, 1.807) is 24.3 Å². The van der Waals surface area contributed by atoms with Crippen molar-refractivity contribution in [3.63, 3.8) is 0 Å². The number of ether oxygens (including phenoxy) is 2. The summed E-state index contributed by atoms with van der Waals surface area (Å²) in [6.07, 6.45) is 5.75. The maximum Gasteiger partial charge on any atom is 0.260 e. The van der Waals surface area contributed by atoms with Gasteiger partial charge in [-0.2, -0.15) is 9.37 Å². The minimum Gasteiger partial charge on any atom is -0.493 e. The molecule has 0 radical (unpaired) electrons. The Kier molecular flexibility index (Phi) is 6.81. The predicted molar refractivity (Wildman–Crippen MR) is 135 cm³/mol. The lowest BCUT2D eigenvalue weighted by Gasteiger charge is -2.48. The Balaban J connectivity index is 1.25. The molecular weight excluding hydrogens is 461 g/mol. The molecule has 2 aromatic carbocycles. The highest BCUT2D eigenvalue weighted by Crippen LogP contribution is 2.40. The summed E-state index contributed by atoms with van der Waals surface area (Å²) in [7, 11) is 0.